The lowest BCUT2D eigenvalue weighted by atomic mass is 10.4. The standard InChI is InChI=1S/C7H6ClFN2O2.C5H2ClFN2O2/c1-2-13-6(12)5-4(9)3-10-7(8)11-5;6-5-8-1-2(7)3(9-5)4(10)11/h3H,2H2,1H3;1H,(H,10,11). The number of carboxylic acid groups (broad SMARTS) is 1. The van der Waals surface area contributed by atoms with Crippen LogP contribution in [0.15, 0.2) is 12.4 Å². The number of carbonyl (C=O) groups excluding carboxylic acids is 1. The van der Waals surface area contributed by atoms with Crippen LogP contribution in [0.1, 0.15) is 27.9 Å². The zero-order chi connectivity index (χ0) is 18.3. The van der Waals surface area contributed by atoms with E-state index in [4.69, 9.17) is 28.3 Å². The van der Waals surface area contributed by atoms with Gasteiger partial charge in [-0.1, -0.05) is 0 Å². The van der Waals surface area contributed by atoms with E-state index in [1.807, 2.05) is 0 Å². The van der Waals surface area contributed by atoms with Crippen LogP contribution in [0.5, 0.6) is 0 Å². The zero-order valence-electron chi connectivity index (χ0n) is 11.8. The summed E-state index contributed by atoms with van der Waals surface area (Å²) in [5.74, 6) is -4.15. The highest BCUT2D eigenvalue weighted by Crippen LogP contribution is 2.08. The molecule has 0 saturated heterocycles. The van der Waals surface area contributed by atoms with Crippen LogP contribution in [-0.2, 0) is 4.74 Å². The van der Waals surface area contributed by atoms with E-state index in [1.54, 1.807) is 6.92 Å². The fraction of sp³-hybridized carbons (Fsp3) is 0.167. The van der Waals surface area contributed by atoms with Gasteiger partial charge in [0.25, 0.3) is 0 Å². The number of carboxylic acids is 1. The van der Waals surface area contributed by atoms with E-state index in [0.717, 1.165) is 6.20 Å². The largest absolute Gasteiger partial charge is 0.476 e. The van der Waals surface area contributed by atoms with Gasteiger partial charge in [-0.25, -0.2) is 38.3 Å². The summed E-state index contributed by atoms with van der Waals surface area (Å²) in [4.78, 5) is 34.3. The minimum Gasteiger partial charge on any atom is -0.476 e. The minimum atomic E-state index is -1.47. The molecule has 0 radical (unpaired) electrons. The van der Waals surface area contributed by atoms with Crippen molar-refractivity contribution < 1.29 is 28.2 Å². The van der Waals surface area contributed by atoms with E-state index in [9.17, 15) is 18.4 Å². The van der Waals surface area contributed by atoms with Gasteiger partial charge in [-0.2, -0.15) is 0 Å². The number of carbonyl (C=O) groups is 2. The number of hydrogen-bond donors (Lipinski definition) is 1. The van der Waals surface area contributed by atoms with Gasteiger partial charge in [0.15, 0.2) is 23.0 Å². The molecule has 0 aliphatic heterocycles. The molecule has 0 unspecified atom stereocenters. The number of rotatable bonds is 3. The Balaban J connectivity index is 0.000000243. The van der Waals surface area contributed by atoms with Gasteiger partial charge in [-0.3, -0.25) is 0 Å². The number of ether oxygens (including phenoxy) is 1. The number of esters is 1. The molecule has 2 aromatic heterocycles. The molecule has 0 fully saturated rings. The Morgan fingerprint density at radius 2 is 1.54 bits per heavy atom. The molecule has 0 aliphatic rings. The maximum atomic E-state index is 12.9. The van der Waals surface area contributed by atoms with Crippen LogP contribution in [0.4, 0.5) is 8.78 Å². The molecule has 0 aromatic carbocycles. The van der Waals surface area contributed by atoms with Gasteiger partial charge in [-0.15, -0.1) is 0 Å². The summed E-state index contributed by atoms with van der Waals surface area (Å²) in [6.45, 7) is 1.76. The quantitative estimate of drug-likeness (QED) is 0.637. The van der Waals surface area contributed by atoms with E-state index in [-0.39, 0.29) is 17.2 Å². The van der Waals surface area contributed by atoms with Crippen molar-refractivity contribution in [1.29, 1.82) is 0 Å². The molecule has 0 aliphatic carbocycles. The van der Waals surface area contributed by atoms with E-state index in [2.05, 4.69) is 24.7 Å². The van der Waals surface area contributed by atoms with Crippen molar-refractivity contribution in [1.82, 2.24) is 19.9 Å². The Bertz CT molecular complexity index is 764. The van der Waals surface area contributed by atoms with Crippen LogP contribution in [0.3, 0.4) is 0 Å². The van der Waals surface area contributed by atoms with Crippen LogP contribution < -0.4 is 0 Å². The first-order chi connectivity index (χ1) is 11.3. The summed E-state index contributed by atoms with van der Waals surface area (Å²) >= 11 is 10.6. The molecule has 2 aromatic rings. The van der Waals surface area contributed by atoms with E-state index >= 15 is 0 Å². The van der Waals surface area contributed by atoms with E-state index in [0.29, 0.717) is 6.20 Å². The molecule has 0 amide bonds. The average Bonchev–Trinajstić information content (AvgIpc) is 2.52. The molecule has 128 valence electrons. The van der Waals surface area contributed by atoms with Crippen molar-refractivity contribution in [3.05, 3.63) is 46.0 Å². The molecule has 2 heterocycles. The zero-order valence-corrected chi connectivity index (χ0v) is 13.3. The Kier molecular flexibility index (Phi) is 7.33. The summed E-state index contributed by atoms with van der Waals surface area (Å²) in [7, 11) is 0. The van der Waals surface area contributed by atoms with Crippen molar-refractivity contribution in [3.63, 3.8) is 0 Å². The monoisotopic (exact) mass is 380 g/mol. The number of hydrogen-bond acceptors (Lipinski definition) is 7. The van der Waals surface area contributed by atoms with Crippen LogP contribution in [0, 0.1) is 11.6 Å². The van der Waals surface area contributed by atoms with Crippen molar-refractivity contribution in [3.8, 4) is 0 Å². The summed E-state index contributed by atoms with van der Waals surface area (Å²) in [6, 6.07) is 0. The maximum absolute atomic E-state index is 12.9. The second kappa shape index (κ2) is 8.99. The molecule has 12 heteroatoms. The Labute approximate surface area is 143 Å². The average molecular weight is 381 g/mol. The third kappa shape index (κ3) is 5.63. The lowest BCUT2D eigenvalue weighted by molar-refractivity contribution is 0.0512. The second-order valence-electron chi connectivity index (χ2n) is 3.70. The van der Waals surface area contributed by atoms with Gasteiger partial charge in [0.2, 0.25) is 10.6 Å². The van der Waals surface area contributed by atoms with E-state index < -0.39 is 35.0 Å². The highest BCUT2D eigenvalue weighted by Gasteiger charge is 2.15. The van der Waals surface area contributed by atoms with Gasteiger partial charge >= 0.3 is 11.9 Å². The summed E-state index contributed by atoms with van der Waals surface area (Å²) in [6.07, 6.45) is 1.53. The Morgan fingerprint density at radius 3 is 1.96 bits per heavy atom. The molecule has 0 saturated carbocycles. The second-order valence-corrected chi connectivity index (χ2v) is 4.37. The topological polar surface area (TPSA) is 115 Å². The molecule has 0 bridgehead atoms. The van der Waals surface area contributed by atoms with Crippen molar-refractivity contribution in [2.45, 2.75) is 6.92 Å². The molecule has 0 spiro atoms. The predicted molar refractivity (Wildman–Crippen MR) is 76.9 cm³/mol. The lowest BCUT2D eigenvalue weighted by Gasteiger charge is -2.01. The first kappa shape index (κ1) is 19.6. The van der Waals surface area contributed by atoms with Crippen molar-refractivity contribution in [2.75, 3.05) is 6.61 Å². The van der Waals surface area contributed by atoms with Gasteiger partial charge in [0.05, 0.1) is 19.0 Å². The molecular formula is C12H8Cl2F2N4O4. The van der Waals surface area contributed by atoms with Gasteiger partial charge in [0, 0.05) is 0 Å². The van der Waals surface area contributed by atoms with Gasteiger partial charge in [-0.05, 0) is 30.1 Å². The summed E-state index contributed by atoms with van der Waals surface area (Å²) in [5.41, 5.74) is -1.16. The molecule has 8 nitrogen and oxygen atoms in total. The first-order valence-corrected chi connectivity index (χ1v) is 6.78. The highest BCUT2D eigenvalue weighted by molar-refractivity contribution is 6.28. The molecule has 24 heavy (non-hydrogen) atoms. The Hall–Kier alpha value is -2.46. The minimum absolute atomic E-state index is 0.153. The van der Waals surface area contributed by atoms with Crippen LogP contribution in [0.2, 0.25) is 10.6 Å². The number of aromatic carboxylic acids is 1. The van der Waals surface area contributed by atoms with Gasteiger partial charge in [0.1, 0.15) is 0 Å². The van der Waals surface area contributed by atoms with E-state index in [1.165, 1.54) is 0 Å². The first-order valence-electron chi connectivity index (χ1n) is 6.02. The van der Waals surface area contributed by atoms with Crippen molar-refractivity contribution >= 4 is 35.1 Å². The summed E-state index contributed by atoms with van der Waals surface area (Å²) in [5, 5.41) is 7.82. The fourth-order valence-electron chi connectivity index (χ4n) is 1.18. The molecule has 2 rings (SSSR count). The van der Waals surface area contributed by atoms with Crippen molar-refractivity contribution in [2.24, 2.45) is 0 Å². The molecule has 1 N–H and O–H groups in total. The van der Waals surface area contributed by atoms with Crippen LogP contribution in [-0.4, -0.2) is 43.6 Å². The number of aromatic nitrogens is 4. The third-order valence-corrected chi connectivity index (χ3v) is 2.46. The normalized spacial score (nSPS) is 9.71. The molecule has 0 atom stereocenters. The van der Waals surface area contributed by atoms with Crippen LogP contribution in [0.25, 0.3) is 0 Å². The third-order valence-electron chi connectivity index (χ3n) is 2.10. The smallest absolute Gasteiger partial charge is 0.360 e. The summed E-state index contributed by atoms with van der Waals surface area (Å²) < 4.78 is 29.9. The lowest BCUT2D eigenvalue weighted by Crippen LogP contribution is -2.10. The fourth-order valence-corrected chi connectivity index (χ4v) is 1.45. The maximum Gasteiger partial charge on any atom is 0.360 e. The van der Waals surface area contributed by atoms with Gasteiger partial charge < -0.3 is 9.84 Å². The highest BCUT2D eigenvalue weighted by atomic mass is 35.5. The predicted octanol–water partition coefficient (Wildman–Crippen LogP) is 2.41. The SMILES string of the molecule is CCOC(=O)c1nc(Cl)ncc1F.O=C(O)c1nc(Cl)ncc1F. The number of halogens is 4. The Morgan fingerprint density at radius 1 is 1.08 bits per heavy atom. The number of nitrogens with zero attached hydrogens (tertiary/aromatic N) is 4. The molecular weight excluding hydrogens is 373 g/mol. The van der Waals surface area contributed by atoms with Crippen LogP contribution >= 0.6 is 23.2 Å².